The molecule has 2 aromatic rings. The first-order chi connectivity index (χ1) is 9.75. The first kappa shape index (κ1) is 16.0. The summed E-state index contributed by atoms with van der Waals surface area (Å²) in [7, 11) is 0. The summed E-state index contributed by atoms with van der Waals surface area (Å²) in [5.41, 5.74) is 7.90. The van der Waals surface area contributed by atoms with Crippen LogP contribution < -0.4 is 5.73 Å². The zero-order valence-corrected chi connectivity index (χ0v) is 14.3. The number of thiophene rings is 1. The Kier molecular flexibility index (Phi) is 4.39. The van der Waals surface area contributed by atoms with E-state index < -0.39 is 0 Å². The van der Waals surface area contributed by atoms with Gasteiger partial charge in [0.1, 0.15) is 6.10 Å². The first-order valence-electron chi connectivity index (χ1n) is 7.06. The van der Waals surface area contributed by atoms with Crippen LogP contribution >= 0.6 is 11.3 Å². The highest BCUT2D eigenvalue weighted by Crippen LogP contribution is 2.39. The van der Waals surface area contributed by atoms with E-state index in [0.717, 1.165) is 11.1 Å². The molecule has 2 N–H and O–H groups in total. The predicted molar refractivity (Wildman–Crippen MR) is 85.3 cm³/mol. The molecule has 0 amide bonds. The van der Waals surface area contributed by atoms with Gasteiger partial charge in [0.15, 0.2) is 0 Å². The molecule has 116 valence electrons. The Morgan fingerprint density at radius 3 is 2.48 bits per heavy atom. The molecule has 2 aromatic heterocycles. The molecule has 21 heavy (non-hydrogen) atoms. The number of rotatable bonds is 4. The largest absolute Gasteiger partial charge is 0.390 e. The lowest BCUT2D eigenvalue weighted by Gasteiger charge is -2.27. The van der Waals surface area contributed by atoms with E-state index in [2.05, 4.69) is 30.9 Å². The van der Waals surface area contributed by atoms with E-state index in [1.165, 1.54) is 4.88 Å². The summed E-state index contributed by atoms with van der Waals surface area (Å²) in [4.78, 5) is 5.69. The average molecular weight is 309 g/mol. The molecule has 0 saturated carbocycles. The van der Waals surface area contributed by atoms with E-state index in [9.17, 15) is 0 Å². The second-order valence-electron chi connectivity index (χ2n) is 6.18. The van der Waals surface area contributed by atoms with Gasteiger partial charge >= 0.3 is 0 Å². The molecular formula is C15H23N3O2S. The molecule has 0 radical (unpaired) electrons. The second-order valence-corrected chi connectivity index (χ2v) is 7.44. The lowest BCUT2D eigenvalue weighted by Crippen LogP contribution is -2.22. The Morgan fingerprint density at radius 2 is 2.00 bits per heavy atom. The Balaban J connectivity index is 2.41. The summed E-state index contributed by atoms with van der Waals surface area (Å²) in [6.45, 7) is 12.9. The summed E-state index contributed by atoms with van der Waals surface area (Å²) in [5, 5.41) is 4.82. The van der Waals surface area contributed by atoms with Crippen molar-refractivity contribution >= 4 is 16.3 Å². The van der Waals surface area contributed by atoms with Gasteiger partial charge in [0.2, 0.25) is 5.82 Å². The first-order valence-corrected chi connectivity index (χ1v) is 7.88. The van der Waals surface area contributed by atoms with Gasteiger partial charge < -0.3 is 15.0 Å². The van der Waals surface area contributed by atoms with Gasteiger partial charge in [-0.1, -0.05) is 25.9 Å². The molecular weight excluding hydrogens is 286 g/mol. The molecule has 0 aliphatic rings. The van der Waals surface area contributed by atoms with Crippen molar-refractivity contribution in [3.8, 4) is 11.5 Å². The lowest BCUT2D eigenvalue weighted by atomic mass is 9.88. The van der Waals surface area contributed by atoms with Crippen LogP contribution in [0.3, 0.4) is 0 Å². The van der Waals surface area contributed by atoms with Crippen molar-refractivity contribution in [1.82, 2.24) is 10.1 Å². The van der Waals surface area contributed by atoms with Crippen LogP contribution in [0.4, 0.5) is 5.00 Å². The molecule has 0 spiro atoms. The van der Waals surface area contributed by atoms with E-state index in [1.54, 1.807) is 11.3 Å². The van der Waals surface area contributed by atoms with Crippen LogP contribution in [0.2, 0.25) is 0 Å². The zero-order valence-electron chi connectivity index (χ0n) is 13.5. The van der Waals surface area contributed by atoms with Crippen LogP contribution in [0.5, 0.6) is 0 Å². The van der Waals surface area contributed by atoms with Crippen molar-refractivity contribution in [2.75, 3.05) is 12.3 Å². The minimum Gasteiger partial charge on any atom is -0.390 e. The summed E-state index contributed by atoms with van der Waals surface area (Å²) >= 11 is 1.54. The zero-order chi connectivity index (χ0) is 15.8. The number of nitrogens with two attached hydrogens (primary N) is 1. The van der Waals surface area contributed by atoms with Gasteiger partial charge in [-0.05, 0) is 31.7 Å². The summed E-state index contributed by atoms with van der Waals surface area (Å²) in [6, 6.07) is 0. The number of nitrogens with zero attached hydrogens (tertiary/aromatic N) is 2. The average Bonchev–Trinajstić information content (AvgIpc) is 2.91. The van der Waals surface area contributed by atoms with E-state index in [0.29, 0.717) is 23.3 Å². The summed E-state index contributed by atoms with van der Waals surface area (Å²) < 4.78 is 11.2. The maximum atomic E-state index is 6.06. The van der Waals surface area contributed by atoms with Crippen LogP contribution in [-0.2, 0) is 4.74 Å². The van der Waals surface area contributed by atoms with E-state index in [-0.39, 0.29) is 11.5 Å². The minimum atomic E-state index is -0.207. The quantitative estimate of drug-likeness (QED) is 0.919. The number of aryl methyl sites for hydroxylation is 1. The van der Waals surface area contributed by atoms with Crippen LogP contribution in [0.25, 0.3) is 11.5 Å². The van der Waals surface area contributed by atoms with Gasteiger partial charge in [0, 0.05) is 11.5 Å². The molecule has 1 atom stereocenters. The van der Waals surface area contributed by atoms with Gasteiger partial charge in [-0.25, -0.2) is 0 Å². The maximum Gasteiger partial charge on any atom is 0.261 e. The molecule has 0 aliphatic heterocycles. The molecule has 2 rings (SSSR count). The Hall–Kier alpha value is -1.40. The number of aromatic nitrogens is 2. The third kappa shape index (κ3) is 3.11. The third-order valence-electron chi connectivity index (χ3n) is 3.42. The van der Waals surface area contributed by atoms with Gasteiger partial charge in [-0.2, -0.15) is 4.98 Å². The minimum absolute atomic E-state index is 0.109. The highest BCUT2D eigenvalue weighted by Gasteiger charge is 2.32. The monoisotopic (exact) mass is 309 g/mol. The molecule has 2 heterocycles. The second kappa shape index (κ2) is 5.77. The van der Waals surface area contributed by atoms with Gasteiger partial charge in [0.05, 0.1) is 10.6 Å². The number of nitrogen functional groups attached to an aromatic ring is 1. The van der Waals surface area contributed by atoms with Crippen LogP contribution in [0.15, 0.2) is 4.52 Å². The molecule has 0 aliphatic carbocycles. The fraction of sp³-hybridized carbons (Fsp3) is 0.600. The predicted octanol–water partition coefficient (Wildman–Crippen LogP) is 4.12. The number of anilines is 1. The van der Waals surface area contributed by atoms with Crippen molar-refractivity contribution in [2.24, 2.45) is 5.41 Å². The number of hydrogen-bond donors (Lipinski definition) is 1. The van der Waals surface area contributed by atoms with Crippen molar-refractivity contribution in [1.29, 1.82) is 0 Å². The van der Waals surface area contributed by atoms with E-state index in [4.69, 9.17) is 15.0 Å². The highest BCUT2D eigenvalue weighted by atomic mass is 32.1. The van der Waals surface area contributed by atoms with E-state index >= 15 is 0 Å². The SMILES string of the molecule is CCOC(c1noc(-c2c(N)sc(C)c2C)n1)C(C)(C)C. The molecule has 0 aromatic carbocycles. The molecule has 0 saturated heterocycles. The molecule has 5 nitrogen and oxygen atoms in total. The van der Waals surface area contributed by atoms with E-state index in [1.807, 2.05) is 20.8 Å². The molecule has 0 fully saturated rings. The van der Waals surface area contributed by atoms with Crippen LogP contribution in [0, 0.1) is 19.3 Å². The topological polar surface area (TPSA) is 74.2 Å². The highest BCUT2D eigenvalue weighted by molar-refractivity contribution is 7.16. The van der Waals surface area contributed by atoms with Crippen molar-refractivity contribution < 1.29 is 9.26 Å². The molecule has 6 heteroatoms. The fourth-order valence-corrected chi connectivity index (χ4v) is 3.17. The van der Waals surface area contributed by atoms with Crippen molar-refractivity contribution in [2.45, 2.75) is 47.6 Å². The van der Waals surface area contributed by atoms with Gasteiger partial charge in [-0.15, -0.1) is 11.3 Å². The number of ether oxygens (including phenoxy) is 1. The Bertz CT molecular complexity index is 625. The fourth-order valence-electron chi connectivity index (χ4n) is 2.24. The van der Waals surface area contributed by atoms with Crippen LogP contribution in [0.1, 0.15) is 50.1 Å². The van der Waals surface area contributed by atoms with Crippen molar-refractivity contribution in [3.63, 3.8) is 0 Å². The van der Waals surface area contributed by atoms with Gasteiger partial charge in [0.25, 0.3) is 5.89 Å². The third-order valence-corrected chi connectivity index (χ3v) is 4.46. The van der Waals surface area contributed by atoms with Crippen LogP contribution in [-0.4, -0.2) is 16.7 Å². The Labute approximate surface area is 129 Å². The molecule has 0 bridgehead atoms. The molecule has 1 unspecified atom stereocenters. The number of hydrogen-bond acceptors (Lipinski definition) is 6. The van der Waals surface area contributed by atoms with Gasteiger partial charge in [-0.3, -0.25) is 0 Å². The Morgan fingerprint density at radius 1 is 1.33 bits per heavy atom. The summed E-state index contributed by atoms with van der Waals surface area (Å²) in [6.07, 6.45) is -0.207. The summed E-state index contributed by atoms with van der Waals surface area (Å²) in [5.74, 6) is 1.04. The smallest absolute Gasteiger partial charge is 0.261 e. The van der Waals surface area contributed by atoms with Crippen molar-refractivity contribution in [3.05, 3.63) is 16.3 Å². The lowest BCUT2D eigenvalue weighted by molar-refractivity contribution is -0.0203. The standard InChI is InChI=1S/C15H23N3O2S/c1-7-19-11(15(4,5)6)13-17-14(20-18-13)10-8(2)9(3)21-12(10)16/h11H,7,16H2,1-6H3. The maximum absolute atomic E-state index is 6.06. The normalized spacial score (nSPS) is 13.6.